The molecule has 0 aliphatic heterocycles. The molecule has 0 fully saturated rings. The summed E-state index contributed by atoms with van der Waals surface area (Å²) in [5.41, 5.74) is -0.333. The van der Waals surface area contributed by atoms with Crippen molar-refractivity contribution in [2.75, 3.05) is 19.8 Å². The van der Waals surface area contributed by atoms with E-state index in [1.807, 2.05) is 20.8 Å². The van der Waals surface area contributed by atoms with E-state index < -0.39 is 28.4 Å². The average molecular weight is 378 g/mol. The minimum atomic E-state index is -4.86. The Labute approximate surface area is 134 Å². The maximum absolute atomic E-state index is 10.8. The van der Waals surface area contributed by atoms with Gasteiger partial charge in [-0.25, -0.2) is 9.13 Å². The molecule has 0 radical (unpaired) electrons. The molecular weight excluding hydrogens is 354 g/mol. The molecule has 0 aromatic heterocycles. The van der Waals surface area contributed by atoms with E-state index in [-0.39, 0.29) is 18.8 Å². The first-order valence-electron chi connectivity index (χ1n) is 6.55. The van der Waals surface area contributed by atoms with Crippen LogP contribution in [0.4, 0.5) is 0 Å². The third-order valence-corrected chi connectivity index (χ3v) is 3.16. The molecule has 0 rings (SSSR count). The predicted molar refractivity (Wildman–Crippen MR) is 80.3 cm³/mol. The number of phosphoric acid groups is 2. The van der Waals surface area contributed by atoms with Gasteiger partial charge in [-0.1, -0.05) is 0 Å². The zero-order valence-electron chi connectivity index (χ0n) is 13.4. The molecule has 138 valence electrons. The van der Waals surface area contributed by atoms with Crippen molar-refractivity contribution in [3.63, 3.8) is 0 Å². The molecule has 0 saturated heterocycles. The van der Waals surface area contributed by atoms with Gasteiger partial charge in [0.15, 0.2) is 0 Å². The summed E-state index contributed by atoms with van der Waals surface area (Å²) in [5, 5.41) is 0. The van der Waals surface area contributed by atoms with Crippen LogP contribution in [-0.2, 0) is 27.7 Å². The lowest BCUT2D eigenvalue weighted by Gasteiger charge is -2.20. The first kappa shape index (κ1) is 22.7. The second-order valence-corrected chi connectivity index (χ2v) is 7.98. The van der Waals surface area contributed by atoms with Crippen molar-refractivity contribution < 1.29 is 47.2 Å². The number of allylic oxidation sites excluding steroid dienone is 1. The van der Waals surface area contributed by atoms with Crippen LogP contribution in [0.3, 0.4) is 0 Å². The number of hydrogen-bond donors (Lipinski definition) is 4. The van der Waals surface area contributed by atoms with Crippen LogP contribution in [0.1, 0.15) is 27.7 Å². The van der Waals surface area contributed by atoms with Gasteiger partial charge in [0.05, 0.1) is 24.6 Å². The minimum Gasteiger partial charge on any atom is -0.496 e. The molecule has 12 heteroatoms. The Morgan fingerprint density at radius 1 is 1.09 bits per heavy atom. The van der Waals surface area contributed by atoms with Crippen LogP contribution in [0.2, 0.25) is 0 Å². The molecule has 0 heterocycles. The van der Waals surface area contributed by atoms with Crippen LogP contribution in [0.15, 0.2) is 11.8 Å². The van der Waals surface area contributed by atoms with E-state index in [2.05, 4.69) is 9.05 Å². The second kappa shape index (κ2) is 9.27. The van der Waals surface area contributed by atoms with Gasteiger partial charge < -0.3 is 29.0 Å². The van der Waals surface area contributed by atoms with Crippen molar-refractivity contribution in [1.29, 1.82) is 0 Å². The van der Waals surface area contributed by atoms with Crippen LogP contribution in [0.25, 0.3) is 0 Å². The highest BCUT2D eigenvalue weighted by Gasteiger charge is 2.26. The van der Waals surface area contributed by atoms with Crippen molar-refractivity contribution in [2.45, 2.75) is 39.4 Å². The molecule has 0 amide bonds. The molecule has 10 nitrogen and oxygen atoms in total. The molecule has 0 spiro atoms. The summed E-state index contributed by atoms with van der Waals surface area (Å²) in [6.07, 6.45) is 0.235. The van der Waals surface area contributed by atoms with Gasteiger partial charge in [-0.15, -0.1) is 0 Å². The summed E-state index contributed by atoms with van der Waals surface area (Å²) in [4.78, 5) is 34.7. The monoisotopic (exact) mass is 378 g/mol. The first-order valence-corrected chi connectivity index (χ1v) is 9.61. The third-order valence-electron chi connectivity index (χ3n) is 2.10. The van der Waals surface area contributed by atoms with Crippen LogP contribution < -0.4 is 0 Å². The molecule has 4 N–H and O–H groups in total. The average Bonchev–Trinajstić information content (AvgIpc) is 2.28. The largest absolute Gasteiger partial charge is 0.496 e. The number of ether oxygens (including phenoxy) is 2. The number of phosphoric ester groups is 2. The van der Waals surface area contributed by atoms with Gasteiger partial charge in [-0.2, -0.15) is 0 Å². The van der Waals surface area contributed by atoms with Gasteiger partial charge in [0, 0.05) is 0 Å². The molecule has 0 aliphatic rings. The van der Waals surface area contributed by atoms with Crippen LogP contribution in [-0.4, -0.2) is 51.1 Å². The molecule has 0 aliphatic carbocycles. The zero-order chi connectivity index (χ0) is 18.3. The highest BCUT2D eigenvalue weighted by Crippen LogP contribution is 2.40. The fourth-order valence-electron chi connectivity index (χ4n) is 1.18. The fourth-order valence-corrected chi connectivity index (χ4v) is 2.05. The Bertz CT molecular complexity index is 472. The second-order valence-electron chi connectivity index (χ2n) is 5.55. The van der Waals surface area contributed by atoms with E-state index in [9.17, 15) is 9.13 Å². The predicted octanol–water partition coefficient (Wildman–Crippen LogP) is 1.31. The first-order chi connectivity index (χ1) is 10.2. The molecule has 0 bridgehead atoms. The standard InChI is InChI=1S/C11H24O10P2/c1-9(5-6-19-11(2,3)4)18-7-10(21-23(15,16)17)8-20-22(12,13)14/h5,10H,6-8H2,1-4H3,(H2,12,13,14)(H2,15,16,17)/b9-5+. The van der Waals surface area contributed by atoms with Crippen molar-refractivity contribution in [3.8, 4) is 0 Å². The van der Waals surface area contributed by atoms with E-state index in [0.29, 0.717) is 5.76 Å². The quantitative estimate of drug-likeness (QED) is 0.323. The Morgan fingerprint density at radius 3 is 2.09 bits per heavy atom. The Balaban J connectivity index is 4.49. The Kier molecular flexibility index (Phi) is 9.15. The lowest BCUT2D eigenvalue weighted by Crippen LogP contribution is -2.24. The van der Waals surface area contributed by atoms with Gasteiger partial charge in [0.25, 0.3) is 0 Å². The maximum Gasteiger partial charge on any atom is 0.470 e. The van der Waals surface area contributed by atoms with Crippen molar-refractivity contribution in [1.82, 2.24) is 0 Å². The van der Waals surface area contributed by atoms with Crippen molar-refractivity contribution in [2.24, 2.45) is 0 Å². The Hall–Kier alpha value is -0.280. The third kappa shape index (κ3) is 16.4. The van der Waals surface area contributed by atoms with Gasteiger partial charge in [-0.05, 0) is 33.8 Å². The molecule has 0 aromatic rings. The Morgan fingerprint density at radius 2 is 1.65 bits per heavy atom. The minimum absolute atomic E-state index is 0.262. The smallest absolute Gasteiger partial charge is 0.470 e. The normalized spacial score (nSPS) is 15.6. The molecule has 0 aromatic carbocycles. The van der Waals surface area contributed by atoms with E-state index >= 15 is 0 Å². The van der Waals surface area contributed by atoms with E-state index in [1.165, 1.54) is 0 Å². The number of hydrogen-bond acceptors (Lipinski definition) is 6. The molecular formula is C11H24O10P2. The molecule has 1 atom stereocenters. The summed E-state index contributed by atoms with van der Waals surface area (Å²) < 4.78 is 40.6. The molecule has 1 unspecified atom stereocenters. The molecule has 23 heavy (non-hydrogen) atoms. The van der Waals surface area contributed by atoms with Crippen molar-refractivity contribution in [3.05, 3.63) is 11.8 Å². The van der Waals surface area contributed by atoms with E-state index in [4.69, 9.17) is 29.0 Å². The lowest BCUT2D eigenvalue weighted by atomic mass is 10.2. The van der Waals surface area contributed by atoms with Crippen LogP contribution in [0.5, 0.6) is 0 Å². The van der Waals surface area contributed by atoms with Gasteiger partial charge in [0.1, 0.15) is 12.7 Å². The van der Waals surface area contributed by atoms with Crippen molar-refractivity contribution >= 4 is 15.6 Å². The lowest BCUT2D eigenvalue weighted by molar-refractivity contribution is 0.00961. The van der Waals surface area contributed by atoms with Crippen LogP contribution >= 0.6 is 15.6 Å². The van der Waals surface area contributed by atoms with Crippen LogP contribution in [0, 0.1) is 0 Å². The van der Waals surface area contributed by atoms with Gasteiger partial charge in [0.2, 0.25) is 0 Å². The summed E-state index contributed by atoms with van der Waals surface area (Å²) >= 11 is 0. The van der Waals surface area contributed by atoms with E-state index in [0.717, 1.165) is 0 Å². The maximum atomic E-state index is 10.8. The highest BCUT2D eigenvalue weighted by molar-refractivity contribution is 7.46. The summed E-state index contributed by atoms with van der Waals surface area (Å²) in [7, 11) is -9.66. The summed E-state index contributed by atoms with van der Waals surface area (Å²) in [6, 6.07) is 0. The topological polar surface area (TPSA) is 152 Å². The molecule has 0 saturated carbocycles. The summed E-state index contributed by atoms with van der Waals surface area (Å²) in [6.45, 7) is 6.36. The van der Waals surface area contributed by atoms with Gasteiger partial charge in [-0.3, -0.25) is 9.05 Å². The number of rotatable bonds is 10. The summed E-state index contributed by atoms with van der Waals surface area (Å²) in [5.74, 6) is 0.393. The SMILES string of the molecule is C/C(=C\COC(C)(C)C)OCC(COP(=O)(O)O)OP(=O)(O)O. The fraction of sp³-hybridized carbons (Fsp3) is 0.818. The van der Waals surface area contributed by atoms with Gasteiger partial charge >= 0.3 is 15.6 Å². The highest BCUT2D eigenvalue weighted by atomic mass is 31.2. The zero-order valence-corrected chi connectivity index (χ0v) is 15.2. The van der Waals surface area contributed by atoms with E-state index in [1.54, 1.807) is 13.0 Å².